The van der Waals surface area contributed by atoms with E-state index in [4.69, 9.17) is 11.6 Å². The maximum absolute atomic E-state index is 5.97. The fourth-order valence-electron chi connectivity index (χ4n) is 2.73. The summed E-state index contributed by atoms with van der Waals surface area (Å²) in [5.41, 5.74) is 1.38. The Morgan fingerprint density at radius 2 is 1.78 bits per heavy atom. The minimum Gasteiger partial charge on any atom is -0.267 e. The van der Waals surface area contributed by atoms with E-state index in [0.29, 0.717) is 0 Å². The lowest BCUT2D eigenvalue weighted by Crippen LogP contribution is -2.49. The van der Waals surface area contributed by atoms with Gasteiger partial charge in [-0.1, -0.05) is 11.6 Å². The van der Waals surface area contributed by atoms with Crippen molar-refractivity contribution in [3.8, 4) is 0 Å². The summed E-state index contributed by atoms with van der Waals surface area (Å²) in [6.07, 6.45) is 1.19. The third-order valence-corrected chi connectivity index (χ3v) is 3.55. The number of amidine groups is 1. The summed E-state index contributed by atoms with van der Waals surface area (Å²) in [7, 11) is 2.18. The van der Waals surface area contributed by atoms with Gasteiger partial charge >= 0.3 is 0 Å². The van der Waals surface area contributed by atoms with E-state index in [1.165, 1.54) is 17.9 Å². The second kappa shape index (κ2) is 4.93. The van der Waals surface area contributed by atoms with E-state index >= 15 is 0 Å². The Labute approximate surface area is 115 Å². The van der Waals surface area contributed by atoms with Crippen LogP contribution in [0.1, 0.15) is 27.2 Å². The molecule has 0 radical (unpaired) electrons. The van der Waals surface area contributed by atoms with Gasteiger partial charge in [0, 0.05) is 11.4 Å². The van der Waals surface area contributed by atoms with Crippen molar-refractivity contribution in [3.63, 3.8) is 0 Å². The molecular formula is C15H22ClN2+. The molecule has 2 nitrogen and oxygen atoms in total. The van der Waals surface area contributed by atoms with E-state index in [-0.39, 0.29) is 5.41 Å². The Morgan fingerprint density at radius 3 is 2.33 bits per heavy atom. The van der Waals surface area contributed by atoms with Crippen molar-refractivity contribution in [3.05, 3.63) is 29.3 Å². The summed E-state index contributed by atoms with van der Waals surface area (Å²) >= 11 is 5.97. The van der Waals surface area contributed by atoms with Gasteiger partial charge in [-0.25, -0.2) is 4.90 Å². The van der Waals surface area contributed by atoms with Gasteiger partial charge in [-0.15, -0.1) is 0 Å². The summed E-state index contributed by atoms with van der Waals surface area (Å²) in [5, 5.41) is 0.793. The predicted octanol–water partition coefficient (Wildman–Crippen LogP) is 3.64. The van der Waals surface area contributed by atoms with Gasteiger partial charge < -0.3 is 0 Å². The summed E-state index contributed by atoms with van der Waals surface area (Å²) in [6, 6.07) is 8.14. The topological polar surface area (TPSA) is 6.25 Å². The molecule has 0 saturated heterocycles. The van der Waals surface area contributed by atoms with Crippen molar-refractivity contribution < 1.29 is 4.58 Å². The molecule has 0 bridgehead atoms. The Hall–Kier alpha value is -1.02. The van der Waals surface area contributed by atoms with Gasteiger partial charge in [0.25, 0.3) is 5.84 Å². The van der Waals surface area contributed by atoms with Crippen molar-refractivity contribution >= 4 is 23.1 Å². The molecule has 1 aromatic rings. The van der Waals surface area contributed by atoms with Crippen molar-refractivity contribution in [1.29, 1.82) is 0 Å². The molecule has 0 spiro atoms. The van der Waals surface area contributed by atoms with Crippen LogP contribution in [-0.2, 0) is 0 Å². The van der Waals surface area contributed by atoms with Crippen LogP contribution >= 0.6 is 11.6 Å². The molecule has 1 aliphatic heterocycles. The minimum absolute atomic E-state index is 0.148. The smallest absolute Gasteiger partial charge is 0.257 e. The number of rotatable bonds is 1. The SMILES string of the molecule is C[N+]1=C(C(C)(C)C)N(c2ccc(Cl)cc2)CCC1. The summed E-state index contributed by atoms with van der Waals surface area (Å²) in [6.45, 7) is 9.03. The second-order valence-electron chi connectivity index (χ2n) is 5.98. The van der Waals surface area contributed by atoms with Crippen molar-refractivity contribution in [2.24, 2.45) is 5.41 Å². The average Bonchev–Trinajstić information content (AvgIpc) is 2.28. The van der Waals surface area contributed by atoms with Crippen molar-refractivity contribution in [2.75, 3.05) is 25.0 Å². The third kappa shape index (κ3) is 2.69. The van der Waals surface area contributed by atoms with Crippen LogP contribution in [0.2, 0.25) is 5.02 Å². The van der Waals surface area contributed by atoms with Gasteiger partial charge in [0.15, 0.2) is 0 Å². The molecule has 0 fully saturated rings. The molecule has 2 rings (SSSR count). The lowest BCUT2D eigenvalue weighted by molar-refractivity contribution is -0.505. The highest BCUT2D eigenvalue weighted by atomic mass is 35.5. The normalized spacial score (nSPS) is 17.3. The van der Waals surface area contributed by atoms with Gasteiger partial charge in [0.2, 0.25) is 0 Å². The fourth-order valence-corrected chi connectivity index (χ4v) is 2.86. The molecule has 1 aromatic carbocycles. The maximum Gasteiger partial charge on any atom is 0.257 e. The van der Waals surface area contributed by atoms with Crippen LogP contribution in [0, 0.1) is 5.41 Å². The zero-order chi connectivity index (χ0) is 13.3. The molecule has 0 aliphatic carbocycles. The van der Waals surface area contributed by atoms with E-state index in [0.717, 1.165) is 18.1 Å². The Bertz CT molecular complexity index is 454. The predicted molar refractivity (Wildman–Crippen MR) is 78.9 cm³/mol. The minimum atomic E-state index is 0.148. The first-order valence-corrected chi connectivity index (χ1v) is 6.89. The molecule has 0 amide bonds. The molecule has 0 aromatic heterocycles. The van der Waals surface area contributed by atoms with Crippen LogP contribution in [0.3, 0.4) is 0 Å². The first kappa shape index (κ1) is 13.4. The molecule has 3 heteroatoms. The number of benzene rings is 1. The van der Waals surface area contributed by atoms with Crippen molar-refractivity contribution in [2.45, 2.75) is 27.2 Å². The van der Waals surface area contributed by atoms with Gasteiger partial charge in [0.1, 0.15) is 5.69 Å². The fraction of sp³-hybridized carbons (Fsp3) is 0.533. The molecule has 0 atom stereocenters. The third-order valence-electron chi connectivity index (χ3n) is 3.30. The molecule has 0 unspecified atom stereocenters. The molecule has 98 valence electrons. The van der Waals surface area contributed by atoms with Gasteiger partial charge in [-0.2, -0.15) is 0 Å². The Kier molecular flexibility index (Phi) is 3.67. The van der Waals surface area contributed by atoms with Crippen LogP contribution in [0.5, 0.6) is 0 Å². The highest BCUT2D eigenvalue weighted by Gasteiger charge is 2.36. The monoisotopic (exact) mass is 265 g/mol. The molecule has 0 saturated carbocycles. The quantitative estimate of drug-likeness (QED) is 0.703. The highest BCUT2D eigenvalue weighted by Crippen LogP contribution is 2.27. The van der Waals surface area contributed by atoms with E-state index in [2.05, 4.69) is 49.4 Å². The first-order chi connectivity index (χ1) is 8.39. The zero-order valence-corrected chi connectivity index (χ0v) is 12.5. The molecule has 1 heterocycles. The van der Waals surface area contributed by atoms with E-state index < -0.39 is 0 Å². The molecule has 18 heavy (non-hydrogen) atoms. The standard InChI is InChI=1S/C15H22ClN2/c1-15(2,3)14-17(4)10-5-11-18(14)13-8-6-12(16)7-9-13/h6-9H,5,10-11H2,1-4H3/q+1. The van der Waals surface area contributed by atoms with E-state index in [1.807, 2.05) is 12.1 Å². The van der Waals surface area contributed by atoms with Crippen LogP contribution < -0.4 is 4.90 Å². The van der Waals surface area contributed by atoms with Crippen LogP contribution in [-0.4, -0.2) is 30.5 Å². The molecular weight excluding hydrogens is 244 g/mol. The average molecular weight is 266 g/mol. The van der Waals surface area contributed by atoms with E-state index in [9.17, 15) is 0 Å². The van der Waals surface area contributed by atoms with Gasteiger partial charge in [0.05, 0.1) is 25.6 Å². The lowest BCUT2D eigenvalue weighted by atomic mass is 9.92. The number of hydrogen-bond donors (Lipinski definition) is 0. The maximum atomic E-state index is 5.97. The van der Waals surface area contributed by atoms with Gasteiger partial charge in [-0.3, -0.25) is 4.58 Å². The van der Waals surface area contributed by atoms with E-state index in [1.54, 1.807) is 0 Å². The van der Waals surface area contributed by atoms with Crippen LogP contribution in [0.25, 0.3) is 0 Å². The Morgan fingerprint density at radius 1 is 1.17 bits per heavy atom. The van der Waals surface area contributed by atoms with Crippen LogP contribution in [0.4, 0.5) is 5.69 Å². The summed E-state index contributed by atoms with van der Waals surface area (Å²) in [4.78, 5) is 2.42. The zero-order valence-electron chi connectivity index (χ0n) is 11.7. The highest BCUT2D eigenvalue weighted by molar-refractivity contribution is 6.30. The number of hydrogen-bond acceptors (Lipinski definition) is 1. The number of nitrogens with zero attached hydrogens (tertiary/aromatic N) is 2. The largest absolute Gasteiger partial charge is 0.267 e. The van der Waals surface area contributed by atoms with Crippen LogP contribution in [0.15, 0.2) is 24.3 Å². The summed E-state index contributed by atoms with van der Waals surface area (Å²) in [5.74, 6) is 1.39. The molecule has 1 aliphatic rings. The van der Waals surface area contributed by atoms with Crippen molar-refractivity contribution in [1.82, 2.24) is 0 Å². The number of halogens is 1. The van der Waals surface area contributed by atoms with Gasteiger partial charge in [-0.05, 0) is 45.0 Å². The molecule has 0 N–H and O–H groups in total. The number of anilines is 1. The summed E-state index contributed by atoms with van der Waals surface area (Å²) < 4.78 is 2.37. The Balaban J connectivity index is 2.42. The second-order valence-corrected chi connectivity index (χ2v) is 6.41. The first-order valence-electron chi connectivity index (χ1n) is 6.51. The lowest BCUT2D eigenvalue weighted by Gasteiger charge is -2.32.